The van der Waals surface area contributed by atoms with Gasteiger partial charge in [-0.05, 0) is 28.9 Å². The lowest BCUT2D eigenvalue weighted by Crippen LogP contribution is -2.05. The van der Waals surface area contributed by atoms with Crippen LogP contribution in [0.5, 0.6) is 11.6 Å². The van der Waals surface area contributed by atoms with Gasteiger partial charge in [0, 0.05) is 6.07 Å². The van der Waals surface area contributed by atoms with Gasteiger partial charge in [-0.15, -0.1) is 0 Å². The third kappa shape index (κ3) is 3.19. The van der Waals surface area contributed by atoms with Crippen molar-refractivity contribution in [1.29, 1.82) is 0 Å². The zero-order chi connectivity index (χ0) is 15.7. The molecule has 0 atom stereocenters. The molecule has 10 heteroatoms. The monoisotopic (exact) mass is 376 g/mol. The van der Waals surface area contributed by atoms with Gasteiger partial charge in [0.15, 0.2) is 0 Å². The van der Waals surface area contributed by atoms with Crippen LogP contribution in [0.25, 0.3) is 0 Å². The highest BCUT2D eigenvalue weighted by Gasteiger charge is 2.24. The molecule has 110 valence electrons. The third-order valence-corrected chi connectivity index (χ3v) is 3.32. The van der Waals surface area contributed by atoms with Crippen LogP contribution in [-0.2, 0) is 0 Å². The lowest BCUT2D eigenvalue weighted by Gasteiger charge is -2.09. The average molecular weight is 378 g/mol. The Morgan fingerprint density at radius 2 is 2.14 bits per heavy atom. The maximum Gasteiger partial charge on any atom is 0.352 e. The summed E-state index contributed by atoms with van der Waals surface area (Å²) in [4.78, 5) is 17.7. The number of ether oxygens (including phenoxy) is 1. The standard InChI is InChI=1S/C11H7BrClFN4O3/c1-4-9(18(19)20)10(17-11(15)16-4)21-8-3-7(14)6(13)2-5(8)12/h2-3H,1H3,(H2,15,16,17). The van der Waals surface area contributed by atoms with Crippen LogP contribution in [0.4, 0.5) is 16.0 Å². The van der Waals surface area contributed by atoms with Gasteiger partial charge in [-0.25, -0.2) is 9.37 Å². The largest absolute Gasteiger partial charge is 0.432 e. The first-order valence-corrected chi connectivity index (χ1v) is 6.57. The number of nitro groups is 1. The minimum Gasteiger partial charge on any atom is -0.432 e. The SMILES string of the molecule is Cc1nc(N)nc(Oc2cc(F)c(Cl)cc2Br)c1[N+](=O)[O-]. The zero-order valence-electron chi connectivity index (χ0n) is 10.4. The maximum atomic E-state index is 13.5. The third-order valence-electron chi connectivity index (χ3n) is 2.41. The number of halogens is 3. The predicted octanol–water partition coefficient (Wildman–Crippen LogP) is 3.62. The lowest BCUT2D eigenvalue weighted by atomic mass is 10.3. The zero-order valence-corrected chi connectivity index (χ0v) is 12.8. The number of anilines is 1. The van der Waals surface area contributed by atoms with Crippen molar-refractivity contribution >= 4 is 39.2 Å². The molecule has 0 fully saturated rings. The van der Waals surface area contributed by atoms with Crippen LogP contribution in [0.2, 0.25) is 5.02 Å². The van der Waals surface area contributed by atoms with E-state index in [0.29, 0.717) is 4.47 Å². The molecule has 0 bridgehead atoms. The summed E-state index contributed by atoms with van der Waals surface area (Å²) in [6.45, 7) is 1.39. The molecule has 0 saturated carbocycles. The molecular formula is C11H7BrClFN4O3. The molecule has 0 aliphatic carbocycles. The number of hydrogen-bond donors (Lipinski definition) is 1. The maximum absolute atomic E-state index is 13.5. The Labute approximate surface area is 131 Å². The number of nitrogens with zero attached hydrogens (tertiary/aromatic N) is 3. The molecule has 2 aromatic rings. The predicted molar refractivity (Wildman–Crippen MR) is 77.0 cm³/mol. The average Bonchev–Trinajstić information content (AvgIpc) is 2.34. The van der Waals surface area contributed by atoms with Gasteiger partial charge >= 0.3 is 11.6 Å². The summed E-state index contributed by atoms with van der Waals surface area (Å²) in [7, 11) is 0. The van der Waals surface area contributed by atoms with Crippen molar-refractivity contribution in [2.24, 2.45) is 0 Å². The summed E-state index contributed by atoms with van der Waals surface area (Å²) in [5, 5.41) is 10.9. The summed E-state index contributed by atoms with van der Waals surface area (Å²) < 4.78 is 19.0. The number of rotatable bonds is 3. The Morgan fingerprint density at radius 3 is 2.76 bits per heavy atom. The Bertz CT molecular complexity index is 744. The van der Waals surface area contributed by atoms with Crippen LogP contribution in [-0.4, -0.2) is 14.9 Å². The Balaban J connectivity index is 2.54. The van der Waals surface area contributed by atoms with Gasteiger partial charge < -0.3 is 10.5 Å². The fourth-order valence-electron chi connectivity index (χ4n) is 1.53. The molecule has 2 rings (SSSR count). The van der Waals surface area contributed by atoms with E-state index >= 15 is 0 Å². The molecule has 0 radical (unpaired) electrons. The highest BCUT2D eigenvalue weighted by Crippen LogP contribution is 2.37. The van der Waals surface area contributed by atoms with Crippen LogP contribution in [0.1, 0.15) is 5.69 Å². The van der Waals surface area contributed by atoms with Gasteiger partial charge in [0.05, 0.1) is 14.4 Å². The van der Waals surface area contributed by atoms with Crippen molar-refractivity contribution in [2.45, 2.75) is 6.92 Å². The Hall–Kier alpha value is -2.00. The van der Waals surface area contributed by atoms with Crippen molar-refractivity contribution in [3.8, 4) is 11.6 Å². The second kappa shape index (κ2) is 5.78. The van der Waals surface area contributed by atoms with Gasteiger partial charge in [-0.1, -0.05) is 11.6 Å². The molecule has 7 nitrogen and oxygen atoms in total. The summed E-state index contributed by atoms with van der Waals surface area (Å²) in [6, 6.07) is 2.24. The van der Waals surface area contributed by atoms with E-state index in [4.69, 9.17) is 22.1 Å². The van der Waals surface area contributed by atoms with E-state index in [9.17, 15) is 14.5 Å². The van der Waals surface area contributed by atoms with Crippen molar-refractivity contribution < 1.29 is 14.1 Å². The van der Waals surface area contributed by atoms with Gasteiger partial charge in [0.1, 0.15) is 17.3 Å². The quantitative estimate of drug-likeness (QED) is 0.497. The fourth-order valence-corrected chi connectivity index (χ4v) is 2.25. The smallest absolute Gasteiger partial charge is 0.352 e. The number of nitrogens with two attached hydrogens (primary N) is 1. The Kier molecular flexibility index (Phi) is 4.24. The molecule has 0 aliphatic rings. The van der Waals surface area contributed by atoms with E-state index < -0.39 is 16.4 Å². The molecule has 0 unspecified atom stereocenters. The molecule has 0 amide bonds. The van der Waals surface area contributed by atoms with E-state index in [0.717, 1.165) is 6.07 Å². The van der Waals surface area contributed by atoms with Gasteiger partial charge in [-0.3, -0.25) is 10.1 Å². The van der Waals surface area contributed by atoms with Crippen LogP contribution in [0, 0.1) is 22.9 Å². The molecule has 1 aromatic heterocycles. The molecule has 0 spiro atoms. The molecule has 1 heterocycles. The van der Waals surface area contributed by atoms with Crippen LogP contribution in [0.15, 0.2) is 16.6 Å². The van der Waals surface area contributed by atoms with Crippen molar-refractivity contribution in [3.63, 3.8) is 0 Å². The van der Waals surface area contributed by atoms with Crippen LogP contribution >= 0.6 is 27.5 Å². The first kappa shape index (κ1) is 15.4. The van der Waals surface area contributed by atoms with E-state index in [-0.39, 0.29) is 28.3 Å². The number of aryl methyl sites for hydroxylation is 1. The summed E-state index contributed by atoms with van der Waals surface area (Å²) >= 11 is 8.72. The summed E-state index contributed by atoms with van der Waals surface area (Å²) in [5.41, 5.74) is 5.03. The van der Waals surface area contributed by atoms with Crippen LogP contribution < -0.4 is 10.5 Å². The molecule has 1 aromatic carbocycles. The van der Waals surface area contributed by atoms with E-state index in [1.54, 1.807) is 0 Å². The normalized spacial score (nSPS) is 10.5. The highest BCUT2D eigenvalue weighted by molar-refractivity contribution is 9.10. The minimum atomic E-state index is -0.740. The second-order valence-electron chi connectivity index (χ2n) is 3.88. The van der Waals surface area contributed by atoms with Crippen molar-refractivity contribution in [2.75, 3.05) is 5.73 Å². The number of hydrogen-bond acceptors (Lipinski definition) is 6. The van der Waals surface area contributed by atoms with Gasteiger partial charge in [-0.2, -0.15) is 4.98 Å². The van der Waals surface area contributed by atoms with Gasteiger partial charge in [0.25, 0.3) is 0 Å². The van der Waals surface area contributed by atoms with Crippen molar-refractivity contribution in [1.82, 2.24) is 9.97 Å². The summed E-state index contributed by atoms with van der Waals surface area (Å²) in [5.74, 6) is -1.35. The van der Waals surface area contributed by atoms with E-state index in [2.05, 4.69) is 25.9 Å². The molecular weight excluding hydrogens is 371 g/mol. The first-order chi connectivity index (χ1) is 9.79. The number of aromatic nitrogens is 2. The van der Waals surface area contributed by atoms with Gasteiger partial charge in [0.2, 0.25) is 5.95 Å². The number of nitrogen functional groups attached to an aromatic ring is 1. The van der Waals surface area contributed by atoms with Crippen LogP contribution in [0.3, 0.4) is 0 Å². The number of benzene rings is 1. The molecule has 0 saturated heterocycles. The summed E-state index contributed by atoms with van der Waals surface area (Å²) in [6.07, 6.45) is 0. The molecule has 0 aliphatic heterocycles. The second-order valence-corrected chi connectivity index (χ2v) is 5.14. The molecule has 21 heavy (non-hydrogen) atoms. The van der Waals surface area contributed by atoms with E-state index in [1.165, 1.54) is 13.0 Å². The highest BCUT2D eigenvalue weighted by atomic mass is 79.9. The topological polar surface area (TPSA) is 104 Å². The van der Waals surface area contributed by atoms with E-state index in [1.807, 2.05) is 0 Å². The molecule has 2 N–H and O–H groups in total. The Morgan fingerprint density at radius 1 is 1.48 bits per heavy atom. The fraction of sp³-hybridized carbons (Fsp3) is 0.0909. The lowest BCUT2D eigenvalue weighted by molar-refractivity contribution is -0.386. The van der Waals surface area contributed by atoms with Crippen molar-refractivity contribution in [3.05, 3.63) is 43.3 Å². The first-order valence-electron chi connectivity index (χ1n) is 5.40. The minimum absolute atomic E-state index is 0.0301.